The summed E-state index contributed by atoms with van der Waals surface area (Å²) in [5, 5.41) is 31.2. The number of rotatable bonds is 4. The van der Waals surface area contributed by atoms with E-state index in [1.807, 2.05) is 0 Å². The molecular weight excluding hydrogens is 266 g/mol. The van der Waals surface area contributed by atoms with Gasteiger partial charge in [-0.15, -0.1) is 5.10 Å². The highest BCUT2D eigenvalue weighted by molar-refractivity contribution is 5.92. The number of hydrogen-bond acceptors (Lipinski definition) is 6. The molecule has 2 aromatic rings. The Morgan fingerprint density at radius 1 is 1.45 bits per heavy atom. The highest BCUT2D eigenvalue weighted by Crippen LogP contribution is 2.39. The Bertz CT molecular complexity index is 707. The summed E-state index contributed by atoms with van der Waals surface area (Å²) in [6.45, 7) is 0. The minimum atomic E-state index is -1.19. The van der Waals surface area contributed by atoms with Crippen LogP contribution in [-0.2, 0) is 0 Å². The van der Waals surface area contributed by atoms with E-state index < -0.39 is 10.9 Å². The molecule has 9 heteroatoms. The first-order valence-electron chi connectivity index (χ1n) is 5.88. The van der Waals surface area contributed by atoms with Gasteiger partial charge in [-0.2, -0.15) is 4.68 Å². The van der Waals surface area contributed by atoms with Gasteiger partial charge in [0.1, 0.15) is 0 Å². The lowest BCUT2D eigenvalue weighted by molar-refractivity contribution is -0.384. The molecule has 1 N–H and O–H groups in total. The largest absolute Gasteiger partial charge is 0.478 e. The van der Waals surface area contributed by atoms with E-state index in [4.69, 9.17) is 0 Å². The molecule has 20 heavy (non-hydrogen) atoms. The first-order valence-corrected chi connectivity index (χ1v) is 5.88. The van der Waals surface area contributed by atoms with Gasteiger partial charge in [0.25, 0.3) is 5.69 Å². The molecular formula is C11H9N5O4. The molecule has 1 aromatic carbocycles. The van der Waals surface area contributed by atoms with Crippen molar-refractivity contribution in [2.45, 2.75) is 18.8 Å². The zero-order valence-corrected chi connectivity index (χ0v) is 10.1. The zero-order valence-electron chi connectivity index (χ0n) is 10.1. The van der Waals surface area contributed by atoms with Crippen LogP contribution in [0.15, 0.2) is 18.2 Å². The maximum absolute atomic E-state index is 11.2. The predicted molar refractivity (Wildman–Crippen MR) is 64.7 cm³/mol. The molecule has 3 rings (SSSR count). The van der Waals surface area contributed by atoms with Crippen LogP contribution in [0.25, 0.3) is 5.69 Å². The van der Waals surface area contributed by atoms with Crippen molar-refractivity contribution >= 4 is 11.7 Å². The molecule has 1 aliphatic carbocycles. The standard InChI is InChI=1S/C11H9N5O4/c17-11(18)8-4-3-7(16(19)20)5-9(8)15-10(6-1-2-6)12-13-14-15/h3-6H,1-2H2,(H,17,18). The van der Waals surface area contributed by atoms with Gasteiger partial charge < -0.3 is 5.11 Å². The van der Waals surface area contributed by atoms with Crippen LogP contribution in [0.2, 0.25) is 0 Å². The average Bonchev–Trinajstić information content (AvgIpc) is 3.15. The number of aromatic carboxylic acids is 1. The number of nitro groups is 1. The van der Waals surface area contributed by atoms with Gasteiger partial charge in [-0.25, -0.2) is 4.79 Å². The summed E-state index contributed by atoms with van der Waals surface area (Å²) in [5.41, 5.74) is -0.175. The van der Waals surface area contributed by atoms with Crippen molar-refractivity contribution < 1.29 is 14.8 Å². The molecule has 102 valence electrons. The fourth-order valence-corrected chi connectivity index (χ4v) is 1.95. The highest BCUT2D eigenvalue weighted by atomic mass is 16.6. The maximum Gasteiger partial charge on any atom is 0.337 e. The molecule has 1 saturated carbocycles. The van der Waals surface area contributed by atoms with E-state index >= 15 is 0 Å². The molecule has 0 unspecified atom stereocenters. The van der Waals surface area contributed by atoms with Crippen molar-refractivity contribution in [3.8, 4) is 5.69 Å². The summed E-state index contributed by atoms with van der Waals surface area (Å²) < 4.78 is 1.27. The van der Waals surface area contributed by atoms with E-state index in [0.29, 0.717) is 5.82 Å². The molecule has 9 nitrogen and oxygen atoms in total. The van der Waals surface area contributed by atoms with Crippen molar-refractivity contribution in [2.75, 3.05) is 0 Å². The van der Waals surface area contributed by atoms with E-state index in [1.165, 1.54) is 16.8 Å². The smallest absolute Gasteiger partial charge is 0.337 e. The molecule has 0 bridgehead atoms. The molecule has 1 heterocycles. The average molecular weight is 275 g/mol. The topological polar surface area (TPSA) is 124 Å². The van der Waals surface area contributed by atoms with Gasteiger partial charge in [-0.3, -0.25) is 10.1 Å². The second-order valence-corrected chi connectivity index (χ2v) is 4.49. The van der Waals surface area contributed by atoms with Gasteiger partial charge in [0.15, 0.2) is 5.82 Å². The minimum absolute atomic E-state index is 0.0789. The van der Waals surface area contributed by atoms with Crippen LogP contribution in [0, 0.1) is 10.1 Å². The maximum atomic E-state index is 11.2. The Morgan fingerprint density at radius 2 is 2.20 bits per heavy atom. The van der Waals surface area contributed by atoms with Crippen molar-refractivity contribution in [1.82, 2.24) is 20.2 Å². The summed E-state index contributed by atoms with van der Waals surface area (Å²) >= 11 is 0. The third-order valence-corrected chi connectivity index (χ3v) is 3.09. The summed E-state index contributed by atoms with van der Waals surface area (Å²) in [6, 6.07) is 3.51. The Kier molecular flexibility index (Phi) is 2.67. The van der Waals surface area contributed by atoms with Crippen molar-refractivity contribution in [1.29, 1.82) is 0 Å². The van der Waals surface area contributed by atoms with Crippen molar-refractivity contribution in [2.24, 2.45) is 0 Å². The number of carboxylic acid groups (broad SMARTS) is 1. The van der Waals surface area contributed by atoms with Crippen LogP contribution < -0.4 is 0 Å². The summed E-state index contributed by atoms with van der Waals surface area (Å²) in [4.78, 5) is 21.5. The lowest BCUT2D eigenvalue weighted by atomic mass is 10.1. The lowest BCUT2D eigenvalue weighted by Gasteiger charge is -2.07. The van der Waals surface area contributed by atoms with Gasteiger partial charge in [0.2, 0.25) is 0 Å². The summed E-state index contributed by atoms with van der Waals surface area (Å²) in [5.74, 6) is -0.467. The summed E-state index contributed by atoms with van der Waals surface area (Å²) in [6.07, 6.45) is 1.86. The van der Waals surface area contributed by atoms with E-state index in [9.17, 15) is 20.0 Å². The van der Waals surface area contributed by atoms with Gasteiger partial charge in [-0.1, -0.05) is 0 Å². The van der Waals surface area contributed by atoms with Crippen molar-refractivity contribution in [3.63, 3.8) is 0 Å². The number of nitro benzene ring substituents is 1. The second kappa shape index (κ2) is 4.37. The number of hydrogen-bond donors (Lipinski definition) is 1. The number of non-ortho nitro benzene ring substituents is 1. The van der Waals surface area contributed by atoms with E-state index in [-0.39, 0.29) is 22.9 Å². The Hall–Kier alpha value is -2.84. The van der Waals surface area contributed by atoms with Gasteiger partial charge in [-0.05, 0) is 29.3 Å². The minimum Gasteiger partial charge on any atom is -0.478 e. The predicted octanol–water partition coefficient (Wildman–Crippen LogP) is 1.15. The van der Waals surface area contributed by atoms with E-state index in [1.54, 1.807) is 0 Å². The molecule has 0 amide bonds. The number of benzene rings is 1. The summed E-state index contributed by atoms with van der Waals surface area (Å²) in [7, 11) is 0. The second-order valence-electron chi connectivity index (χ2n) is 4.49. The molecule has 1 aliphatic rings. The fraction of sp³-hybridized carbons (Fsp3) is 0.273. The monoisotopic (exact) mass is 275 g/mol. The third kappa shape index (κ3) is 1.98. The van der Waals surface area contributed by atoms with Crippen LogP contribution in [0.1, 0.15) is 34.9 Å². The van der Waals surface area contributed by atoms with Crippen LogP contribution in [0.3, 0.4) is 0 Å². The molecule has 0 saturated heterocycles. The number of nitrogens with zero attached hydrogens (tertiary/aromatic N) is 5. The van der Waals surface area contributed by atoms with Gasteiger partial charge in [0.05, 0.1) is 16.2 Å². The molecule has 0 spiro atoms. The Morgan fingerprint density at radius 3 is 2.80 bits per heavy atom. The highest BCUT2D eigenvalue weighted by Gasteiger charge is 2.31. The number of tetrazole rings is 1. The van der Waals surface area contributed by atoms with Crippen LogP contribution in [0.4, 0.5) is 5.69 Å². The first kappa shape index (κ1) is 12.2. The number of carbonyl (C=O) groups is 1. The van der Waals surface area contributed by atoms with Crippen LogP contribution >= 0.6 is 0 Å². The molecule has 0 aliphatic heterocycles. The van der Waals surface area contributed by atoms with Crippen LogP contribution in [0.5, 0.6) is 0 Å². The lowest BCUT2D eigenvalue weighted by Crippen LogP contribution is -2.10. The molecule has 0 atom stereocenters. The molecule has 1 fully saturated rings. The fourth-order valence-electron chi connectivity index (χ4n) is 1.95. The Labute approximate surface area is 112 Å². The first-order chi connectivity index (χ1) is 9.58. The van der Waals surface area contributed by atoms with E-state index in [2.05, 4.69) is 15.5 Å². The molecule has 0 radical (unpaired) electrons. The quantitative estimate of drug-likeness (QED) is 0.655. The zero-order chi connectivity index (χ0) is 14.3. The number of carboxylic acids is 1. The Balaban J connectivity index is 2.18. The van der Waals surface area contributed by atoms with Gasteiger partial charge in [0, 0.05) is 18.1 Å². The SMILES string of the molecule is O=C(O)c1ccc([N+](=O)[O-])cc1-n1nnnc1C1CC1. The third-order valence-electron chi connectivity index (χ3n) is 3.09. The number of aromatic nitrogens is 4. The van der Waals surface area contributed by atoms with E-state index in [0.717, 1.165) is 18.9 Å². The molecule has 1 aromatic heterocycles. The van der Waals surface area contributed by atoms with Crippen LogP contribution in [-0.4, -0.2) is 36.2 Å². The normalized spacial score (nSPS) is 14.2. The van der Waals surface area contributed by atoms with Crippen molar-refractivity contribution in [3.05, 3.63) is 39.7 Å². The van der Waals surface area contributed by atoms with Gasteiger partial charge >= 0.3 is 5.97 Å².